The van der Waals surface area contributed by atoms with E-state index in [1.165, 1.54) is 11.8 Å². The molecule has 49 heavy (non-hydrogen) atoms. The normalized spacial score (nSPS) is 12.8. The molecule has 0 saturated carbocycles. The topological polar surface area (TPSA) is 195 Å². The molecular weight excluding hydrogens is 648 g/mol. The van der Waals surface area contributed by atoms with E-state index in [4.69, 9.17) is 0 Å². The van der Waals surface area contributed by atoms with E-state index in [9.17, 15) is 33.9 Å². The number of urea groups is 1. The summed E-state index contributed by atoms with van der Waals surface area (Å²) in [6.45, 7) is 9.11. The molecule has 3 unspecified atom stereocenters. The van der Waals surface area contributed by atoms with Gasteiger partial charge in [0, 0.05) is 43.6 Å². The van der Waals surface area contributed by atoms with Crippen LogP contribution in [0.1, 0.15) is 101 Å². The molecule has 276 valence electrons. The van der Waals surface area contributed by atoms with E-state index in [-0.39, 0.29) is 24.2 Å². The van der Waals surface area contributed by atoms with E-state index < -0.39 is 42.3 Å². The number of unbranched alkanes of at least 4 members (excludes halogenated alkanes) is 3. The summed E-state index contributed by atoms with van der Waals surface area (Å²) in [6, 6.07) is 5.09. The second kappa shape index (κ2) is 25.3. The number of amides is 5. The van der Waals surface area contributed by atoms with Crippen molar-refractivity contribution in [3.8, 4) is 0 Å². The molecule has 14 heteroatoms. The van der Waals surface area contributed by atoms with Crippen molar-refractivity contribution in [1.82, 2.24) is 31.9 Å². The van der Waals surface area contributed by atoms with Crippen molar-refractivity contribution < 1.29 is 33.9 Å². The van der Waals surface area contributed by atoms with Gasteiger partial charge in [-0.3, -0.25) is 19.2 Å². The van der Waals surface area contributed by atoms with Crippen LogP contribution in [0, 0.1) is 5.92 Å². The van der Waals surface area contributed by atoms with Crippen molar-refractivity contribution in [2.45, 2.75) is 110 Å². The molecule has 0 aromatic heterocycles. The summed E-state index contributed by atoms with van der Waals surface area (Å²) in [5.41, 5.74) is 1.43. The minimum absolute atomic E-state index is 0.0980. The Hall–Kier alpha value is -3.65. The Morgan fingerprint density at radius 1 is 0.796 bits per heavy atom. The maximum Gasteiger partial charge on any atom is 0.326 e. The number of carboxylic acid groups (broad SMARTS) is 1. The van der Waals surface area contributed by atoms with Crippen LogP contribution in [0.2, 0.25) is 0 Å². The van der Waals surface area contributed by atoms with E-state index >= 15 is 0 Å². The molecule has 0 aliphatic carbocycles. The number of hydrogen-bond acceptors (Lipinski definition) is 8. The number of ketones is 1. The third-order valence-corrected chi connectivity index (χ3v) is 8.62. The highest BCUT2D eigenvalue weighted by molar-refractivity contribution is 7.98. The molecule has 0 radical (unpaired) electrons. The lowest BCUT2D eigenvalue weighted by Crippen LogP contribution is -2.51. The molecular formula is C35H58N6O7S. The first kappa shape index (κ1) is 43.4. The van der Waals surface area contributed by atoms with Crippen molar-refractivity contribution in [3.63, 3.8) is 0 Å². The predicted molar refractivity (Wildman–Crippen MR) is 193 cm³/mol. The molecule has 5 amide bonds. The number of nitrogens with one attached hydrogen (secondary N) is 6. The summed E-state index contributed by atoms with van der Waals surface area (Å²) in [5, 5.41) is 26.1. The van der Waals surface area contributed by atoms with Crippen molar-refractivity contribution in [3.05, 3.63) is 35.4 Å². The fourth-order valence-electron chi connectivity index (χ4n) is 4.65. The minimum Gasteiger partial charge on any atom is -0.480 e. The van der Waals surface area contributed by atoms with Gasteiger partial charge in [-0.25, -0.2) is 9.59 Å². The minimum atomic E-state index is -1.20. The smallest absolute Gasteiger partial charge is 0.326 e. The third kappa shape index (κ3) is 19.8. The van der Waals surface area contributed by atoms with Crippen LogP contribution in [0.15, 0.2) is 24.3 Å². The maximum absolute atomic E-state index is 12.9. The summed E-state index contributed by atoms with van der Waals surface area (Å²) < 4.78 is 0. The number of rotatable bonds is 26. The lowest BCUT2D eigenvalue weighted by Gasteiger charge is -2.19. The molecule has 0 bridgehead atoms. The number of benzene rings is 1. The predicted octanol–water partition coefficient (Wildman–Crippen LogP) is 3.37. The first-order valence-electron chi connectivity index (χ1n) is 17.3. The Morgan fingerprint density at radius 2 is 1.45 bits per heavy atom. The fraction of sp³-hybridized carbons (Fsp3) is 0.657. The summed E-state index contributed by atoms with van der Waals surface area (Å²) >= 11 is 1.52. The SMILES string of the molecule is CCC(C)C(=O)CCCCCNC(=O)NCCCCC(NC(=O)CNC(=O)C(CCSC)NC(=O)c1ccc(CNC(C)C)cc1)C(=O)O. The van der Waals surface area contributed by atoms with Crippen LogP contribution in [0.5, 0.6) is 0 Å². The zero-order valence-corrected chi connectivity index (χ0v) is 30.6. The number of carbonyl (C=O) groups excluding carboxylic acids is 5. The van der Waals surface area contributed by atoms with Gasteiger partial charge in [-0.1, -0.05) is 46.2 Å². The van der Waals surface area contributed by atoms with E-state index in [0.717, 1.165) is 31.2 Å². The quantitative estimate of drug-likeness (QED) is 0.0707. The molecule has 0 fully saturated rings. The molecule has 0 heterocycles. The van der Waals surface area contributed by atoms with Crippen molar-refractivity contribution in [2.24, 2.45) is 5.92 Å². The van der Waals surface area contributed by atoms with E-state index in [1.54, 1.807) is 12.1 Å². The van der Waals surface area contributed by atoms with Gasteiger partial charge in [0.2, 0.25) is 11.8 Å². The lowest BCUT2D eigenvalue weighted by atomic mass is 9.99. The molecule has 7 N–H and O–H groups in total. The van der Waals surface area contributed by atoms with Crippen molar-refractivity contribution >= 4 is 47.3 Å². The van der Waals surface area contributed by atoms with Gasteiger partial charge in [0.1, 0.15) is 17.9 Å². The first-order chi connectivity index (χ1) is 23.4. The zero-order valence-electron chi connectivity index (χ0n) is 29.8. The Kier molecular flexibility index (Phi) is 22.4. The Balaban J connectivity index is 2.40. The first-order valence-corrected chi connectivity index (χ1v) is 18.7. The standard InChI is InChI=1S/C35H58N6O7S/c1-6-25(4)30(42)13-8-7-10-19-36-35(48)37-20-11-9-12-29(34(46)47)40-31(43)23-39-33(45)28(18-21-49-5)41-32(44)27-16-14-26(15-17-27)22-38-24(2)3/h14-17,24-25,28-29,38H,6-13,18-23H2,1-5H3,(H,39,45)(H,40,43)(H,41,44)(H,46,47)(H2,36,37,48). The molecule has 13 nitrogen and oxygen atoms in total. The number of hydrogen-bond donors (Lipinski definition) is 7. The highest BCUT2D eigenvalue weighted by atomic mass is 32.2. The number of carbonyl (C=O) groups is 6. The second-order valence-corrected chi connectivity index (χ2v) is 13.5. The molecule has 3 atom stereocenters. The van der Waals surface area contributed by atoms with Gasteiger partial charge < -0.3 is 37.0 Å². The summed E-state index contributed by atoms with van der Waals surface area (Å²) in [5.74, 6) is -1.83. The fourth-order valence-corrected chi connectivity index (χ4v) is 5.12. The van der Waals surface area contributed by atoms with E-state index in [0.29, 0.717) is 62.7 Å². The van der Waals surface area contributed by atoms with Crippen LogP contribution in [-0.4, -0.2) is 90.4 Å². The van der Waals surface area contributed by atoms with Gasteiger partial charge in [0.15, 0.2) is 0 Å². The second-order valence-electron chi connectivity index (χ2n) is 12.5. The highest BCUT2D eigenvalue weighted by Crippen LogP contribution is 2.10. The molecule has 0 saturated heterocycles. The third-order valence-electron chi connectivity index (χ3n) is 7.97. The van der Waals surface area contributed by atoms with Gasteiger partial charge in [0.25, 0.3) is 5.91 Å². The van der Waals surface area contributed by atoms with Gasteiger partial charge in [-0.15, -0.1) is 0 Å². The van der Waals surface area contributed by atoms with Crippen molar-refractivity contribution in [2.75, 3.05) is 31.6 Å². The van der Waals surface area contributed by atoms with Gasteiger partial charge in [-0.2, -0.15) is 11.8 Å². The summed E-state index contributed by atoms with van der Waals surface area (Å²) in [7, 11) is 0. The molecule has 0 aliphatic rings. The van der Waals surface area contributed by atoms with E-state index in [2.05, 4.69) is 31.9 Å². The van der Waals surface area contributed by atoms with Gasteiger partial charge in [0.05, 0.1) is 6.54 Å². The van der Waals surface area contributed by atoms with Crippen LogP contribution >= 0.6 is 11.8 Å². The largest absolute Gasteiger partial charge is 0.480 e. The molecule has 0 aliphatic heterocycles. The number of Topliss-reactive ketones (excluding diaryl/α,β-unsaturated/α-hetero) is 1. The van der Waals surface area contributed by atoms with Gasteiger partial charge >= 0.3 is 12.0 Å². The zero-order chi connectivity index (χ0) is 36.6. The Bertz CT molecular complexity index is 1180. The van der Waals surface area contributed by atoms with Crippen LogP contribution in [0.25, 0.3) is 0 Å². The van der Waals surface area contributed by atoms with Gasteiger partial charge in [-0.05, 0) is 74.7 Å². The molecule has 1 aromatic carbocycles. The van der Waals surface area contributed by atoms with Crippen LogP contribution in [0.4, 0.5) is 4.79 Å². The van der Waals surface area contributed by atoms with E-state index in [1.807, 2.05) is 46.1 Å². The maximum atomic E-state index is 12.9. The highest BCUT2D eigenvalue weighted by Gasteiger charge is 2.24. The number of aliphatic carboxylic acids is 1. The van der Waals surface area contributed by atoms with Crippen LogP contribution in [-0.2, 0) is 25.7 Å². The Labute approximate surface area is 295 Å². The number of carboxylic acids is 1. The lowest BCUT2D eigenvalue weighted by molar-refractivity contribution is -0.142. The summed E-state index contributed by atoms with van der Waals surface area (Å²) in [6.07, 6.45) is 7.19. The number of thioether (sulfide) groups is 1. The Morgan fingerprint density at radius 3 is 2.04 bits per heavy atom. The monoisotopic (exact) mass is 706 g/mol. The van der Waals surface area contributed by atoms with Crippen LogP contribution in [0.3, 0.4) is 0 Å². The summed E-state index contributed by atoms with van der Waals surface area (Å²) in [4.78, 5) is 73.9. The van der Waals surface area contributed by atoms with Crippen molar-refractivity contribution in [1.29, 1.82) is 0 Å². The molecule has 0 spiro atoms. The van der Waals surface area contributed by atoms with Crippen LogP contribution < -0.4 is 31.9 Å². The average Bonchev–Trinajstić information content (AvgIpc) is 3.08. The molecule has 1 aromatic rings. The average molecular weight is 707 g/mol. The molecule has 1 rings (SSSR count).